The van der Waals surface area contributed by atoms with E-state index in [1.54, 1.807) is 0 Å². The topological polar surface area (TPSA) is 66.5 Å². The van der Waals surface area contributed by atoms with Crippen molar-refractivity contribution in [3.8, 4) is 0 Å². The number of carbonyl (C=O) groups is 3. The number of benzene rings is 1. The highest BCUT2D eigenvalue weighted by Crippen LogP contribution is 2.65. The number of rotatable bonds is 4. The van der Waals surface area contributed by atoms with Crippen LogP contribution in [-0.2, 0) is 14.4 Å². The van der Waals surface area contributed by atoms with Gasteiger partial charge in [0.2, 0.25) is 17.7 Å². The van der Waals surface area contributed by atoms with E-state index in [1.165, 1.54) is 4.90 Å². The minimum atomic E-state index is -0.182. The lowest BCUT2D eigenvalue weighted by Crippen LogP contribution is -2.40. The van der Waals surface area contributed by atoms with Crippen molar-refractivity contribution in [2.45, 2.75) is 26.7 Å². The van der Waals surface area contributed by atoms with Crippen LogP contribution in [0, 0.1) is 49.4 Å². The summed E-state index contributed by atoms with van der Waals surface area (Å²) in [5, 5.41) is 2.91. The van der Waals surface area contributed by atoms with E-state index >= 15 is 0 Å². The van der Waals surface area contributed by atoms with Gasteiger partial charge in [-0.15, -0.1) is 0 Å². The first kappa shape index (κ1) is 16.7. The first-order chi connectivity index (χ1) is 13.0. The largest absolute Gasteiger partial charge is 0.326 e. The van der Waals surface area contributed by atoms with E-state index in [-0.39, 0.29) is 54.4 Å². The van der Waals surface area contributed by atoms with Gasteiger partial charge in [-0.3, -0.25) is 19.3 Å². The zero-order chi connectivity index (χ0) is 18.9. The predicted octanol–water partition coefficient (Wildman–Crippen LogP) is 2.69. The monoisotopic (exact) mass is 364 g/mol. The van der Waals surface area contributed by atoms with E-state index in [0.29, 0.717) is 11.8 Å². The third-order valence-corrected chi connectivity index (χ3v) is 6.98. The molecular weight excluding hydrogens is 340 g/mol. The lowest BCUT2D eigenvalue weighted by molar-refractivity contribution is -0.140. The standard InChI is InChI=1S/C22H24N2O3/c1-11-3-4-12(2)17(9-11)23-18(25)7-8-24-21(26)19-13-5-6-14(16-10-15(13)16)20(19)22(24)27/h3-6,9,13-16,19-20H,7-8,10H2,1-2H3,(H,23,25)/t13-,14-,15-,16-,19+,20+/m1/s1. The molecule has 1 aromatic carbocycles. The number of nitrogens with zero attached hydrogens (tertiary/aromatic N) is 1. The first-order valence-corrected chi connectivity index (χ1v) is 9.86. The number of hydrogen-bond donors (Lipinski definition) is 1. The molecule has 6 atom stereocenters. The highest BCUT2D eigenvalue weighted by molar-refractivity contribution is 6.06. The van der Waals surface area contributed by atoms with Gasteiger partial charge in [0.15, 0.2) is 0 Å². The van der Waals surface area contributed by atoms with E-state index in [9.17, 15) is 14.4 Å². The molecule has 3 amide bonds. The summed E-state index contributed by atoms with van der Waals surface area (Å²) in [7, 11) is 0. The second-order valence-electron chi connectivity index (χ2n) is 8.60. The maximum absolute atomic E-state index is 12.9. The number of aryl methyl sites for hydroxylation is 2. The van der Waals surface area contributed by atoms with Crippen LogP contribution in [0.1, 0.15) is 24.0 Å². The molecule has 1 aromatic rings. The molecule has 5 heteroatoms. The number of anilines is 1. The van der Waals surface area contributed by atoms with Crippen LogP contribution in [0.4, 0.5) is 5.69 Å². The Bertz CT molecular complexity index is 854. The number of hydrogen-bond acceptors (Lipinski definition) is 3. The number of likely N-dealkylation sites (tertiary alicyclic amines) is 1. The molecule has 3 fully saturated rings. The SMILES string of the molecule is Cc1ccc(C)c(NC(=O)CCN2C(=O)[C@H]3[C@@H]4C=C[C@H]([C@H]5C[C@H]45)[C@@H]3C2=O)c1. The van der Waals surface area contributed by atoms with E-state index < -0.39 is 0 Å². The van der Waals surface area contributed by atoms with Gasteiger partial charge >= 0.3 is 0 Å². The van der Waals surface area contributed by atoms with E-state index in [1.807, 2.05) is 32.0 Å². The van der Waals surface area contributed by atoms with Gasteiger partial charge in [-0.1, -0.05) is 24.3 Å². The van der Waals surface area contributed by atoms with Crippen molar-refractivity contribution in [2.24, 2.45) is 35.5 Å². The predicted molar refractivity (Wildman–Crippen MR) is 101 cm³/mol. The molecule has 0 unspecified atom stereocenters. The molecule has 1 heterocycles. The van der Waals surface area contributed by atoms with E-state index in [2.05, 4.69) is 17.5 Å². The number of carbonyl (C=O) groups excluding carboxylic acids is 3. The van der Waals surface area contributed by atoms with Gasteiger partial charge in [0, 0.05) is 18.7 Å². The number of nitrogens with one attached hydrogen (secondary N) is 1. The Morgan fingerprint density at radius 1 is 1.07 bits per heavy atom. The molecule has 1 aliphatic heterocycles. The van der Waals surface area contributed by atoms with Gasteiger partial charge in [-0.05, 0) is 61.1 Å². The van der Waals surface area contributed by atoms with Crippen molar-refractivity contribution in [2.75, 3.05) is 11.9 Å². The second kappa shape index (κ2) is 5.78. The summed E-state index contributed by atoms with van der Waals surface area (Å²) in [6.07, 6.45) is 5.64. The van der Waals surface area contributed by atoms with Crippen LogP contribution in [0.25, 0.3) is 0 Å². The fourth-order valence-electron chi connectivity index (χ4n) is 5.54. The average molecular weight is 364 g/mol. The van der Waals surface area contributed by atoms with Crippen molar-refractivity contribution < 1.29 is 14.4 Å². The Morgan fingerprint density at radius 2 is 1.70 bits per heavy atom. The fraction of sp³-hybridized carbons (Fsp3) is 0.500. The molecule has 1 saturated heterocycles. The van der Waals surface area contributed by atoms with Crippen LogP contribution in [0.15, 0.2) is 30.4 Å². The molecule has 0 spiro atoms. The van der Waals surface area contributed by atoms with Crippen molar-refractivity contribution in [3.63, 3.8) is 0 Å². The lowest BCUT2D eigenvalue weighted by Gasteiger charge is -2.37. The van der Waals surface area contributed by atoms with Crippen molar-refractivity contribution in [3.05, 3.63) is 41.5 Å². The zero-order valence-corrected chi connectivity index (χ0v) is 15.6. The Balaban J connectivity index is 1.26. The van der Waals surface area contributed by atoms with Gasteiger partial charge in [0.25, 0.3) is 0 Å². The summed E-state index contributed by atoms with van der Waals surface area (Å²) in [4.78, 5) is 39.6. The lowest BCUT2D eigenvalue weighted by atomic mass is 9.63. The number of amides is 3. The summed E-state index contributed by atoms with van der Waals surface area (Å²) in [5.41, 5.74) is 2.86. The van der Waals surface area contributed by atoms with Crippen LogP contribution in [-0.4, -0.2) is 29.2 Å². The molecule has 6 rings (SSSR count). The summed E-state index contributed by atoms with van der Waals surface area (Å²) >= 11 is 0. The molecule has 5 nitrogen and oxygen atoms in total. The fourth-order valence-corrected chi connectivity index (χ4v) is 5.54. The Labute approximate surface area is 158 Å². The van der Waals surface area contributed by atoms with Crippen molar-refractivity contribution in [1.29, 1.82) is 0 Å². The van der Waals surface area contributed by atoms with Gasteiger partial charge < -0.3 is 5.32 Å². The third kappa shape index (κ3) is 2.47. The molecule has 2 saturated carbocycles. The van der Waals surface area contributed by atoms with Crippen LogP contribution in [0.3, 0.4) is 0 Å². The van der Waals surface area contributed by atoms with Crippen LogP contribution < -0.4 is 5.32 Å². The number of imide groups is 1. The highest BCUT2D eigenvalue weighted by atomic mass is 16.2. The van der Waals surface area contributed by atoms with Crippen LogP contribution >= 0.6 is 0 Å². The minimum Gasteiger partial charge on any atom is -0.326 e. The van der Waals surface area contributed by atoms with E-state index in [0.717, 1.165) is 23.2 Å². The third-order valence-electron chi connectivity index (χ3n) is 6.98. The van der Waals surface area contributed by atoms with E-state index in [4.69, 9.17) is 0 Å². The molecule has 2 bridgehead atoms. The summed E-state index contributed by atoms with van der Waals surface area (Å²) in [5.74, 6) is 1.02. The van der Waals surface area contributed by atoms with Crippen molar-refractivity contribution in [1.82, 2.24) is 4.90 Å². The quantitative estimate of drug-likeness (QED) is 0.660. The van der Waals surface area contributed by atoms with Gasteiger partial charge in [-0.25, -0.2) is 0 Å². The first-order valence-electron chi connectivity index (χ1n) is 9.86. The van der Waals surface area contributed by atoms with Crippen molar-refractivity contribution >= 4 is 23.4 Å². The molecule has 27 heavy (non-hydrogen) atoms. The van der Waals surface area contributed by atoms with Crippen LogP contribution in [0.5, 0.6) is 0 Å². The molecular formula is C22H24N2O3. The average Bonchev–Trinajstić information content (AvgIpc) is 3.42. The maximum Gasteiger partial charge on any atom is 0.233 e. The molecule has 1 N–H and O–H groups in total. The Kier molecular flexibility index (Phi) is 3.58. The normalized spacial score (nSPS) is 35.3. The molecule has 5 aliphatic rings. The second-order valence-corrected chi connectivity index (χ2v) is 8.60. The van der Waals surface area contributed by atoms with Gasteiger partial charge in [0.1, 0.15) is 0 Å². The molecule has 140 valence electrons. The molecule has 4 aliphatic carbocycles. The summed E-state index contributed by atoms with van der Waals surface area (Å²) in [6, 6.07) is 5.90. The van der Waals surface area contributed by atoms with Crippen LogP contribution in [0.2, 0.25) is 0 Å². The summed E-state index contributed by atoms with van der Waals surface area (Å²) < 4.78 is 0. The maximum atomic E-state index is 12.9. The summed E-state index contributed by atoms with van der Waals surface area (Å²) in [6.45, 7) is 4.10. The minimum absolute atomic E-state index is 0.0609. The highest BCUT2D eigenvalue weighted by Gasteiger charge is 2.66. The zero-order valence-electron chi connectivity index (χ0n) is 15.6. The Morgan fingerprint density at radius 3 is 2.33 bits per heavy atom. The molecule has 0 aromatic heterocycles. The number of allylic oxidation sites excluding steroid dienone is 2. The Hall–Kier alpha value is -2.43. The molecule has 0 radical (unpaired) electrons. The van der Waals surface area contributed by atoms with Gasteiger partial charge in [0.05, 0.1) is 11.8 Å². The smallest absolute Gasteiger partial charge is 0.233 e. The van der Waals surface area contributed by atoms with Gasteiger partial charge in [-0.2, -0.15) is 0 Å².